The molecule has 0 radical (unpaired) electrons. The van der Waals surface area contributed by atoms with E-state index in [9.17, 15) is 9.90 Å². The van der Waals surface area contributed by atoms with Gasteiger partial charge in [0.05, 0.1) is 11.4 Å². The average molecular weight is 435 g/mol. The number of rotatable bonds is 5. The van der Waals surface area contributed by atoms with Crippen molar-refractivity contribution in [3.05, 3.63) is 95.1 Å². The molecule has 5 nitrogen and oxygen atoms in total. The number of aromatic carboxylic acids is 1. The summed E-state index contributed by atoms with van der Waals surface area (Å²) in [5.74, 6) is 0.391. The molecule has 1 aromatic heterocycles. The zero-order valence-corrected chi connectivity index (χ0v) is 16.2. The summed E-state index contributed by atoms with van der Waals surface area (Å²) >= 11 is 3.39. The second-order valence-corrected chi connectivity index (χ2v) is 6.96. The van der Waals surface area contributed by atoms with Gasteiger partial charge in [-0.25, -0.2) is 9.48 Å². The first kappa shape index (κ1) is 18.0. The molecule has 0 atom stereocenters. The number of hydrogen-bond donors (Lipinski definition) is 1. The van der Waals surface area contributed by atoms with E-state index in [1.165, 1.54) is 4.68 Å². The molecule has 3 aromatic carbocycles. The molecule has 0 saturated carbocycles. The van der Waals surface area contributed by atoms with Gasteiger partial charge in [0.2, 0.25) is 0 Å². The van der Waals surface area contributed by atoms with Crippen LogP contribution in [-0.4, -0.2) is 20.9 Å². The van der Waals surface area contributed by atoms with Crippen molar-refractivity contribution in [2.45, 2.75) is 0 Å². The molecule has 0 fully saturated rings. The predicted octanol–water partition coefficient (Wildman–Crippen LogP) is 5.79. The third-order valence-electron chi connectivity index (χ3n) is 4.13. The summed E-state index contributed by atoms with van der Waals surface area (Å²) in [6, 6.07) is 25.7. The third kappa shape index (κ3) is 3.82. The van der Waals surface area contributed by atoms with Crippen molar-refractivity contribution in [1.82, 2.24) is 9.78 Å². The van der Waals surface area contributed by atoms with E-state index in [1.807, 2.05) is 78.9 Å². The molecule has 28 heavy (non-hydrogen) atoms. The fourth-order valence-electron chi connectivity index (χ4n) is 2.77. The smallest absolute Gasteiger partial charge is 0.354 e. The van der Waals surface area contributed by atoms with Gasteiger partial charge in [-0.15, -0.1) is 0 Å². The zero-order chi connectivity index (χ0) is 19.5. The minimum atomic E-state index is -1.03. The topological polar surface area (TPSA) is 64.3 Å². The van der Waals surface area contributed by atoms with Gasteiger partial charge in [-0.1, -0.05) is 34.1 Å². The van der Waals surface area contributed by atoms with Crippen molar-refractivity contribution in [2.75, 3.05) is 0 Å². The highest BCUT2D eigenvalue weighted by atomic mass is 79.9. The summed E-state index contributed by atoms with van der Waals surface area (Å²) in [6.45, 7) is 0. The molecule has 0 spiro atoms. The molecule has 138 valence electrons. The van der Waals surface area contributed by atoms with E-state index in [1.54, 1.807) is 6.07 Å². The Morgan fingerprint density at radius 3 is 2.11 bits per heavy atom. The maximum absolute atomic E-state index is 11.6. The summed E-state index contributed by atoms with van der Waals surface area (Å²) in [5, 5.41) is 14.0. The highest BCUT2D eigenvalue weighted by Gasteiger charge is 2.16. The SMILES string of the molecule is O=C(O)c1cc(-c2ccc(Oc3ccc(Br)cc3)cc2)nn1-c1ccccc1. The molecule has 4 aromatic rings. The molecule has 0 amide bonds. The van der Waals surface area contributed by atoms with Crippen molar-refractivity contribution in [2.24, 2.45) is 0 Å². The van der Waals surface area contributed by atoms with Gasteiger partial charge in [0.15, 0.2) is 5.69 Å². The molecular weight excluding hydrogens is 420 g/mol. The summed E-state index contributed by atoms with van der Waals surface area (Å²) in [6.07, 6.45) is 0. The van der Waals surface area contributed by atoms with Gasteiger partial charge in [-0.05, 0) is 66.7 Å². The summed E-state index contributed by atoms with van der Waals surface area (Å²) in [5.41, 5.74) is 2.19. The van der Waals surface area contributed by atoms with Gasteiger partial charge in [0.25, 0.3) is 0 Å². The van der Waals surface area contributed by atoms with Gasteiger partial charge < -0.3 is 9.84 Å². The van der Waals surface area contributed by atoms with Crippen molar-refractivity contribution in [3.63, 3.8) is 0 Å². The van der Waals surface area contributed by atoms with Gasteiger partial charge >= 0.3 is 5.97 Å². The van der Waals surface area contributed by atoms with Gasteiger partial charge in [0, 0.05) is 10.0 Å². The van der Waals surface area contributed by atoms with Crippen LogP contribution in [0.3, 0.4) is 0 Å². The van der Waals surface area contributed by atoms with E-state index < -0.39 is 5.97 Å². The van der Waals surface area contributed by atoms with Crippen LogP contribution in [0, 0.1) is 0 Å². The molecule has 0 unspecified atom stereocenters. The lowest BCUT2D eigenvalue weighted by molar-refractivity contribution is 0.0687. The molecule has 0 aliphatic rings. The Labute approximate surface area is 170 Å². The van der Waals surface area contributed by atoms with Gasteiger partial charge in [-0.3, -0.25) is 0 Å². The molecule has 0 bridgehead atoms. The van der Waals surface area contributed by atoms with Crippen LogP contribution in [0.25, 0.3) is 16.9 Å². The van der Waals surface area contributed by atoms with E-state index in [0.29, 0.717) is 17.1 Å². The number of hydrogen-bond acceptors (Lipinski definition) is 3. The molecule has 1 heterocycles. The fraction of sp³-hybridized carbons (Fsp3) is 0. The quantitative estimate of drug-likeness (QED) is 0.431. The van der Waals surface area contributed by atoms with Crippen molar-refractivity contribution >= 4 is 21.9 Å². The normalized spacial score (nSPS) is 10.6. The number of carboxylic acids is 1. The van der Waals surface area contributed by atoms with Crippen molar-refractivity contribution in [1.29, 1.82) is 0 Å². The van der Waals surface area contributed by atoms with Crippen LogP contribution in [0.15, 0.2) is 89.4 Å². The zero-order valence-electron chi connectivity index (χ0n) is 14.6. The van der Waals surface area contributed by atoms with E-state index >= 15 is 0 Å². The number of nitrogens with zero attached hydrogens (tertiary/aromatic N) is 2. The Kier molecular flexibility index (Phi) is 4.95. The summed E-state index contributed by atoms with van der Waals surface area (Å²) < 4.78 is 8.24. The van der Waals surface area contributed by atoms with Crippen LogP contribution in [0.5, 0.6) is 11.5 Å². The third-order valence-corrected chi connectivity index (χ3v) is 4.66. The first-order chi connectivity index (χ1) is 13.6. The number of carbonyl (C=O) groups is 1. The van der Waals surface area contributed by atoms with Gasteiger partial charge in [-0.2, -0.15) is 5.10 Å². The molecule has 4 rings (SSSR count). The molecule has 0 aliphatic carbocycles. The van der Waals surface area contributed by atoms with Crippen LogP contribution >= 0.6 is 15.9 Å². The standard InChI is InChI=1S/C22H15BrN2O3/c23-16-8-12-19(13-9-16)28-18-10-6-15(7-11-18)20-14-21(22(26)27)25(24-20)17-4-2-1-3-5-17/h1-14H,(H,26,27). The Balaban J connectivity index is 1.62. The van der Waals surface area contributed by atoms with Crippen LogP contribution in [0.1, 0.15) is 10.5 Å². The van der Waals surface area contributed by atoms with Crippen LogP contribution in [0.4, 0.5) is 0 Å². The highest BCUT2D eigenvalue weighted by Crippen LogP contribution is 2.27. The Morgan fingerprint density at radius 2 is 1.50 bits per heavy atom. The Morgan fingerprint density at radius 1 is 0.893 bits per heavy atom. The number of benzene rings is 3. The minimum absolute atomic E-state index is 0.108. The fourth-order valence-corrected chi connectivity index (χ4v) is 3.04. The molecule has 6 heteroatoms. The minimum Gasteiger partial charge on any atom is -0.477 e. The molecule has 0 aliphatic heterocycles. The number of halogens is 1. The second kappa shape index (κ2) is 7.70. The average Bonchev–Trinajstić information content (AvgIpc) is 3.17. The van der Waals surface area contributed by atoms with E-state index in [4.69, 9.17) is 4.74 Å². The predicted molar refractivity (Wildman–Crippen MR) is 110 cm³/mol. The van der Waals surface area contributed by atoms with Crippen LogP contribution in [0.2, 0.25) is 0 Å². The van der Waals surface area contributed by atoms with E-state index in [-0.39, 0.29) is 5.69 Å². The number of aromatic nitrogens is 2. The monoisotopic (exact) mass is 434 g/mol. The number of carboxylic acid groups (broad SMARTS) is 1. The molecular formula is C22H15BrN2O3. The maximum atomic E-state index is 11.6. The maximum Gasteiger partial charge on any atom is 0.354 e. The lowest BCUT2D eigenvalue weighted by Gasteiger charge is -2.06. The summed E-state index contributed by atoms with van der Waals surface area (Å²) in [4.78, 5) is 11.6. The first-order valence-corrected chi connectivity index (χ1v) is 9.32. The summed E-state index contributed by atoms with van der Waals surface area (Å²) in [7, 11) is 0. The highest BCUT2D eigenvalue weighted by molar-refractivity contribution is 9.10. The largest absolute Gasteiger partial charge is 0.477 e. The number of ether oxygens (including phenoxy) is 1. The second-order valence-electron chi connectivity index (χ2n) is 6.05. The van der Waals surface area contributed by atoms with Crippen LogP contribution < -0.4 is 4.74 Å². The number of para-hydroxylation sites is 1. The molecule has 1 N–H and O–H groups in total. The Bertz CT molecular complexity index is 1100. The van der Waals surface area contributed by atoms with Crippen molar-refractivity contribution in [3.8, 4) is 28.4 Å². The van der Waals surface area contributed by atoms with E-state index in [2.05, 4.69) is 21.0 Å². The van der Waals surface area contributed by atoms with Crippen molar-refractivity contribution < 1.29 is 14.6 Å². The molecule has 0 saturated heterocycles. The van der Waals surface area contributed by atoms with E-state index in [0.717, 1.165) is 15.8 Å². The lowest BCUT2D eigenvalue weighted by Crippen LogP contribution is -2.07. The lowest BCUT2D eigenvalue weighted by atomic mass is 10.1. The first-order valence-electron chi connectivity index (χ1n) is 8.53. The Hall–Kier alpha value is -3.38. The van der Waals surface area contributed by atoms with Gasteiger partial charge in [0.1, 0.15) is 11.5 Å². The van der Waals surface area contributed by atoms with Crippen LogP contribution in [-0.2, 0) is 0 Å².